The van der Waals surface area contributed by atoms with Gasteiger partial charge in [-0.05, 0) is 11.5 Å². The first-order valence-electron chi connectivity index (χ1n) is 4.66. The molecule has 76 valence electrons. The number of rotatable bonds is 2. The van der Waals surface area contributed by atoms with Gasteiger partial charge < -0.3 is 5.11 Å². The average Bonchev–Trinajstić information content (AvgIpc) is 2.24. The number of hydrogen-bond acceptors (Lipinski definition) is 2. The largest absolute Gasteiger partial charge is 0.494 e. The van der Waals surface area contributed by atoms with E-state index in [0.717, 1.165) is 5.39 Å². The molecule has 0 aliphatic carbocycles. The van der Waals surface area contributed by atoms with Gasteiger partial charge in [0.05, 0.1) is 0 Å². The summed E-state index contributed by atoms with van der Waals surface area (Å²) >= 11 is 0. The summed E-state index contributed by atoms with van der Waals surface area (Å²) in [6.45, 7) is 3.86. The second-order valence-electron chi connectivity index (χ2n) is 3.29. The van der Waals surface area contributed by atoms with Crippen molar-refractivity contribution >= 4 is 10.8 Å². The normalized spacial score (nSPS) is 10.4. The fraction of sp³-hybridized carbons (Fsp3) is 0.0833. The number of pyridine rings is 1. The van der Waals surface area contributed by atoms with Gasteiger partial charge in [-0.2, -0.15) is 0 Å². The fourth-order valence-electron chi connectivity index (χ4n) is 1.59. The van der Waals surface area contributed by atoms with Crippen molar-refractivity contribution in [2.24, 2.45) is 0 Å². The number of aromatic nitrogens is 1. The molecule has 0 aliphatic heterocycles. The maximum atomic E-state index is 11.6. The first-order valence-corrected chi connectivity index (χ1v) is 4.66. The molecule has 2 rings (SSSR count). The molecule has 1 heterocycles. The number of benzene rings is 1. The third kappa shape index (κ3) is 1.52. The van der Waals surface area contributed by atoms with Gasteiger partial charge >= 0.3 is 0 Å². The highest BCUT2D eigenvalue weighted by molar-refractivity contribution is 5.86. The van der Waals surface area contributed by atoms with E-state index in [1.54, 1.807) is 18.2 Å². The minimum atomic E-state index is -0.217. The molecule has 3 heteroatoms. The van der Waals surface area contributed by atoms with Crippen molar-refractivity contribution in [1.82, 2.24) is 4.57 Å². The van der Waals surface area contributed by atoms with Crippen LogP contribution < -0.4 is 5.56 Å². The van der Waals surface area contributed by atoms with E-state index in [0.29, 0.717) is 11.9 Å². The number of hydrogen-bond donors (Lipinski definition) is 1. The van der Waals surface area contributed by atoms with Crippen LogP contribution in [0.25, 0.3) is 10.8 Å². The summed E-state index contributed by atoms with van der Waals surface area (Å²) in [4.78, 5) is 11.6. The molecular weight excluding hydrogens is 190 g/mol. The Morgan fingerprint density at radius 2 is 2.13 bits per heavy atom. The Morgan fingerprint density at radius 1 is 1.40 bits per heavy atom. The highest BCUT2D eigenvalue weighted by atomic mass is 16.3. The van der Waals surface area contributed by atoms with Gasteiger partial charge in [0.15, 0.2) is 0 Å². The molecule has 15 heavy (non-hydrogen) atoms. The number of allylic oxidation sites excluding steroid dienone is 1. The smallest absolute Gasteiger partial charge is 0.254 e. The predicted molar refractivity (Wildman–Crippen MR) is 60.1 cm³/mol. The maximum absolute atomic E-state index is 11.6. The molecule has 0 amide bonds. The molecule has 0 bridgehead atoms. The number of aromatic hydroxyl groups is 1. The summed E-state index contributed by atoms with van der Waals surface area (Å²) in [5.74, 6) is -0.00185. The van der Waals surface area contributed by atoms with Crippen molar-refractivity contribution in [1.29, 1.82) is 0 Å². The molecule has 0 unspecified atom stereocenters. The van der Waals surface area contributed by atoms with E-state index in [2.05, 4.69) is 6.58 Å². The summed E-state index contributed by atoms with van der Waals surface area (Å²) < 4.78 is 1.29. The van der Waals surface area contributed by atoms with E-state index in [9.17, 15) is 9.90 Å². The van der Waals surface area contributed by atoms with Crippen LogP contribution in [0.2, 0.25) is 0 Å². The average molecular weight is 201 g/mol. The molecule has 0 radical (unpaired) electrons. The van der Waals surface area contributed by atoms with E-state index in [4.69, 9.17) is 0 Å². The van der Waals surface area contributed by atoms with E-state index in [1.807, 2.05) is 12.1 Å². The van der Waals surface area contributed by atoms with Gasteiger partial charge in [-0.15, -0.1) is 6.58 Å². The Kier molecular flexibility index (Phi) is 2.29. The molecule has 0 fully saturated rings. The third-order valence-corrected chi connectivity index (χ3v) is 2.31. The molecule has 1 aromatic heterocycles. The monoisotopic (exact) mass is 201 g/mol. The highest BCUT2D eigenvalue weighted by Crippen LogP contribution is 2.21. The summed E-state index contributed by atoms with van der Waals surface area (Å²) in [5.41, 5.74) is -0.217. The van der Waals surface area contributed by atoms with Crippen molar-refractivity contribution in [2.75, 3.05) is 0 Å². The number of nitrogens with zero attached hydrogens (tertiary/aromatic N) is 1. The Labute approximate surface area is 86.9 Å². The van der Waals surface area contributed by atoms with Crippen LogP contribution in [0.4, 0.5) is 0 Å². The third-order valence-electron chi connectivity index (χ3n) is 2.31. The zero-order valence-corrected chi connectivity index (χ0v) is 8.18. The van der Waals surface area contributed by atoms with E-state index < -0.39 is 0 Å². The first-order chi connectivity index (χ1) is 7.24. The van der Waals surface area contributed by atoms with Gasteiger partial charge in [-0.3, -0.25) is 9.36 Å². The van der Waals surface area contributed by atoms with Crippen molar-refractivity contribution in [3.8, 4) is 5.88 Å². The van der Waals surface area contributed by atoms with Crippen LogP contribution in [0.1, 0.15) is 0 Å². The quantitative estimate of drug-likeness (QED) is 0.754. The standard InChI is InChI=1S/C12H11NO2/c1-2-7-13-11(14)8-9-5-3-4-6-10(9)12(13)15/h2-6,8,15H,1,7H2. The SMILES string of the molecule is C=CCn1c(O)c2ccccc2cc1=O. The molecule has 0 atom stereocenters. The van der Waals surface area contributed by atoms with Gasteiger partial charge in [0.2, 0.25) is 5.88 Å². The zero-order valence-electron chi connectivity index (χ0n) is 8.18. The fourth-order valence-corrected chi connectivity index (χ4v) is 1.59. The molecular formula is C12H11NO2. The van der Waals surface area contributed by atoms with Gasteiger partial charge in [0.1, 0.15) is 0 Å². The van der Waals surface area contributed by atoms with Crippen LogP contribution in [-0.4, -0.2) is 9.67 Å². The Morgan fingerprint density at radius 3 is 2.87 bits per heavy atom. The van der Waals surface area contributed by atoms with Gasteiger partial charge in [0, 0.05) is 18.0 Å². The molecule has 1 N–H and O–H groups in total. The lowest BCUT2D eigenvalue weighted by atomic mass is 10.1. The first kappa shape index (κ1) is 9.52. The van der Waals surface area contributed by atoms with Crippen LogP contribution in [0.15, 0.2) is 47.8 Å². The van der Waals surface area contributed by atoms with Crippen LogP contribution in [-0.2, 0) is 6.54 Å². The second kappa shape index (κ2) is 3.61. The summed E-state index contributed by atoms with van der Waals surface area (Å²) in [6, 6.07) is 8.75. The second-order valence-corrected chi connectivity index (χ2v) is 3.29. The predicted octanol–water partition coefficient (Wildman–Crippen LogP) is 1.89. The lowest BCUT2D eigenvalue weighted by Crippen LogP contribution is -2.18. The molecule has 0 saturated carbocycles. The van der Waals surface area contributed by atoms with Gasteiger partial charge in [-0.25, -0.2) is 0 Å². The molecule has 2 aromatic rings. The summed E-state index contributed by atoms with van der Waals surface area (Å²) in [7, 11) is 0. The molecule has 0 spiro atoms. The van der Waals surface area contributed by atoms with E-state index >= 15 is 0 Å². The molecule has 0 aliphatic rings. The minimum Gasteiger partial charge on any atom is -0.494 e. The Balaban J connectivity index is 2.83. The lowest BCUT2D eigenvalue weighted by molar-refractivity contribution is 0.424. The van der Waals surface area contributed by atoms with Crippen molar-refractivity contribution in [2.45, 2.75) is 6.54 Å². The van der Waals surface area contributed by atoms with Gasteiger partial charge in [-0.1, -0.05) is 24.3 Å². The summed E-state index contributed by atoms with van der Waals surface area (Å²) in [6.07, 6.45) is 1.58. The number of fused-ring (bicyclic) bond motifs is 1. The Hall–Kier alpha value is -2.03. The maximum Gasteiger partial charge on any atom is 0.254 e. The van der Waals surface area contributed by atoms with Crippen molar-refractivity contribution in [3.63, 3.8) is 0 Å². The highest BCUT2D eigenvalue weighted by Gasteiger charge is 2.06. The van der Waals surface area contributed by atoms with E-state index in [-0.39, 0.29) is 11.4 Å². The van der Waals surface area contributed by atoms with Crippen LogP contribution in [0.3, 0.4) is 0 Å². The molecule has 3 nitrogen and oxygen atoms in total. The Bertz CT molecular complexity index is 569. The van der Waals surface area contributed by atoms with Crippen LogP contribution in [0.5, 0.6) is 5.88 Å². The van der Waals surface area contributed by atoms with Crippen molar-refractivity contribution < 1.29 is 5.11 Å². The van der Waals surface area contributed by atoms with Gasteiger partial charge in [0.25, 0.3) is 5.56 Å². The molecule has 0 saturated heterocycles. The van der Waals surface area contributed by atoms with E-state index in [1.165, 1.54) is 10.6 Å². The van der Waals surface area contributed by atoms with Crippen molar-refractivity contribution in [3.05, 3.63) is 53.3 Å². The topological polar surface area (TPSA) is 42.2 Å². The van der Waals surface area contributed by atoms with Crippen LogP contribution in [0, 0.1) is 0 Å². The summed E-state index contributed by atoms with van der Waals surface area (Å²) in [5, 5.41) is 11.3. The minimum absolute atomic E-state index is 0.00185. The van der Waals surface area contributed by atoms with Crippen LogP contribution >= 0.6 is 0 Å². The lowest BCUT2D eigenvalue weighted by Gasteiger charge is -2.08. The zero-order chi connectivity index (χ0) is 10.8. The molecule has 1 aromatic carbocycles.